The van der Waals surface area contributed by atoms with E-state index in [0.29, 0.717) is 18.4 Å². The Morgan fingerprint density at radius 3 is 2.27 bits per heavy atom. The fraction of sp³-hybridized carbons (Fsp3) is 0.944. The van der Waals surface area contributed by atoms with E-state index in [4.69, 9.17) is 0 Å². The van der Waals surface area contributed by atoms with Crippen LogP contribution in [0.5, 0.6) is 0 Å². The normalized spacial score (nSPS) is 20.0. The van der Waals surface area contributed by atoms with Crippen molar-refractivity contribution in [1.29, 1.82) is 0 Å². The number of likely N-dealkylation sites (tertiary alicyclic amines) is 1. The number of aliphatic hydroxyl groups is 1. The zero-order valence-electron chi connectivity index (χ0n) is 15.4. The number of nitrogens with zero attached hydrogens (tertiary/aromatic N) is 2. The molecule has 0 aromatic rings. The maximum Gasteiger partial charge on any atom is 0.225 e. The van der Waals surface area contributed by atoms with E-state index in [1.807, 2.05) is 4.90 Å². The summed E-state index contributed by atoms with van der Waals surface area (Å²) in [5, 5.41) is 10.5. The van der Waals surface area contributed by atoms with Crippen molar-refractivity contribution in [3.8, 4) is 0 Å². The van der Waals surface area contributed by atoms with Crippen LogP contribution in [0.25, 0.3) is 0 Å². The van der Waals surface area contributed by atoms with Gasteiger partial charge in [-0.05, 0) is 58.9 Å². The molecule has 1 rings (SSSR count). The zero-order chi connectivity index (χ0) is 16.9. The first-order chi connectivity index (χ1) is 10.1. The van der Waals surface area contributed by atoms with Crippen LogP contribution in [0, 0.1) is 11.8 Å². The van der Waals surface area contributed by atoms with Gasteiger partial charge in [0.2, 0.25) is 5.91 Å². The molecule has 0 aliphatic carbocycles. The molecule has 0 spiro atoms. The van der Waals surface area contributed by atoms with Gasteiger partial charge in [0.05, 0.1) is 12.0 Å². The van der Waals surface area contributed by atoms with Crippen molar-refractivity contribution in [2.45, 2.75) is 71.9 Å². The number of rotatable bonds is 7. The Morgan fingerprint density at radius 1 is 1.27 bits per heavy atom. The van der Waals surface area contributed by atoms with Gasteiger partial charge in [-0.15, -0.1) is 0 Å². The summed E-state index contributed by atoms with van der Waals surface area (Å²) in [6, 6.07) is 0.460. The summed E-state index contributed by atoms with van der Waals surface area (Å²) in [5.74, 6) is 1.55. The van der Waals surface area contributed by atoms with Crippen LogP contribution in [0.3, 0.4) is 0 Å². The smallest absolute Gasteiger partial charge is 0.225 e. The van der Waals surface area contributed by atoms with Crippen molar-refractivity contribution in [3.63, 3.8) is 0 Å². The fourth-order valence-corrected chi connectivity index (χ4v) is 3.02. The van der Waals surface area contributed by atoms with Gasteiger partial charge in [0.1, 0.15) is 0 Å². The predicted molar refractivity (Wildman–Crippen MR) is 91.8 cm³/mol. The van der Waals surface area contributed by atoms with Gasteiger partial charge in [-0.25, -0.2) is 0 Å². The average molecular weight is 312 g/mol. The van der Waals surface area contributed by atoms with Gasteiger partial charge in [0, 0.05) is 25.7 Å². The minimum absolute atomic E-state index is 0.111. The quantitative estimate of drug-likeness (QED) is 0.786. The van der Waals surface area contributed by atoms with Gasteiger partial charge in [0.15, 0.2) is 0 Å². The third-order valence-electron chi connectivity index (χ3n) is 5.25. The van der Waals surface area contributed by atoms with Gasteiger partial charge >= 0.3 is 0 Å². The Morgan fingerprint density at radius 2 is 1.82 bits per heavy atom. The average Bonchev–Trinajstić information content (AvgIpc) is 2.44. The van der Waals surface area contributed by atoms with Crippen molar-refractivity contribution in [3.05, 3.63) is 0 Å². The number of carbonyl (C=O) groups is 1. The number of piperidine rings is 1. The zero-order valence-corrected chi connectivity index (χ0v) is 15.4. The Bertz CT molecular complexity index is 345. The monoisotopic (exact) mass is 312 g/mol. The van der Waals surface area contributed by atoms with Crippen LogP contribution in [0.2, 0.25) is 0 Å². The number of hydrogen-bond acceptors (Lipinski definition) is 3. The lowest BCUT2D eigenvalue weighted by Gasteiger charge is -2.36. The number of amides is 1. The van der Waals surface area contributed by atoms with Crippen molar-refractivity contribution in [2.75, 3.05) is 26.7 Å². The molecule has 0 saturated carbocycles. The first-order valence-corrected chi connectivity index (χ1v) is 8.83. The standard InChI is InChI=1S/C18H36N2O2/c1-14(2)16-7-10-20(11-8-16)17(21)13-18(5,22)9-12-19(6)15(3)4/h14-16,22H,7-13H2,1-6H3. The van der Waals surface area contributed by atoms with Crippen LogP contribution in [0.4, 0.5) is 0 Å². The maximum atomic E-state index is 12.4. The molecule has 4 heteroatoms. The minimum atomic E-state index is -0.908. The fourth-order valence-electron chi connectivity index (χ4n) is 3.02. The number of hydrogen-bond donors (Lipinski definition) is 1. The molecule has 1 fully saturated rings. The SMILES string of the molecule is CC(C)C1CCN(C(=O)CC(C)(O)CCN(C)C(C)C)CC1. The van der Waals surface area contributed by atoms with E-state index in [1.165, 1.54) is 0 Å². The summed E-state index contributed by atoms with van der Waals surface area (Å²) < 4.78 is 0. The molecule has 1 heterocycles. The van der Waals surface area contributed by atoms with Crippen LogP contribution in [-0.2, 0) is 4.79 Å². The van der Waals surface area contributed by atoms with Crippen molar-refractivity contribution in [1.82, 2.24) is 9.80 Å². The summed E-state index contributed by atoms with van der Waals surface area (Å²) in [7, 11) is 2.05. The van der Waals surface area contributed by atoms with E-state index in [9.17, 15) is 9.90 Å². The van der Waals surface area contributed by atoms with Crippen LogP contribution in [0.15, 0.2) is 0 Å². The molecule has 1 atom stereocenters. The van der Waals surface area contributed by atoms with Crippen LogP contribution in [-0.4, -0.2) is 59.1 Å². The summed E-state index contributed by atoms with van der Waals surface area (Å²) in [5.41, 5.74) is -0.908. The molecule has 1 saturated heterocycles. The van der Waals surface area contributed by atoms with E-state index in [-0.39, 0.29) is 12.3 Å². The first-order valence-electron chi connectivity index (χ1n) is 8.83. The van der Waals surface area contributed by atoms with Gasteiger partial charge in [-0.3, -0.25) is 4.79 Å². The molecule has 0 aromatic heterocycles. The molecule has 4 nitrogen and oxygen atoms in total. The maximum absolute atomic E-state index is 12.4. The molecule has 1 unspecified atom stereocenters. The minimum Gasteiger partial charge on any atom is -0.390 e. The Balaban J connectivity index is 2.40. The molecule has 1 aliphatic rings. The molecule has 0 aromatic carbocycles. The van der Waals surface area contributed by atoms with Gasteiger partial charge in [0.25, 0.3) is 0 Å². The largest absolute Gasteiger partial charge is 0.390 e. The molecule has 0 radical (unpaired) electrons. The Labute approximate surface area is 136 Å². The van der Waals surface area contributed by atoms with E-state index in [1.54, 1.807) is 6.92 Å². The third-order valence-corrected chi connectivity index (χ3v) is 5.25. The molecule has 1 amide bonds. The van der Waals surface area contributed by atoms with E-state index < -0.39 is 5.60 Å². The number of carbonyl (C=O) groups excluding carboxylic acids is 1. The highest BCUT2D eigenvalue weighted by atomic mass is 16.3. The topological polar surface area (TPSA) is 43.8 Å². The molecular formula is C18H36N2O2. The van der Waals surface area contributed by atoms with E-state index in [2.05, 4.69) is 39.6 Å². The molecule has 22 heavy (non-hydrogen) atoms. The highest BCUT2D eigenvalue weighted by Gasteiger charge is 2.30. The van der Waals surface area contributed by atoms with Crippen LogP contribution < -0.4 is 0 Å². The first kappa shape index (κ1) is 19.4. The second-order valence-corrected chi connectivity index (χ2v) is 7.96. The van der Waals surface area contributed by atoms with Gasteiger partial charge in [-0.1, -0.05) is 13.8 Å². The summed E-state index contributed by atoms with van der Waals surface area (Å²) in [4.78, 5) is 16.6. The van der Waals surface area contributed by atoms with Crippen LogP contribution in [0.1, 0.15) is 60.3 Å². The second-order valence-electron chi connectivity index (χ2n) is 7.96. The molecular weight excluding hydrogens is 276 g/mol. The van der Waals surface area contributed by atoms with Gasteiger partial charge < -0.3 is 14.9 Å². The lowest BCUT2D eigenvalue weighted by molar-refractivity contribution is -0.137. The van der Waals surface area contributed by atoms with Crippen molar-refractivity contribution < 1.29 is 9.90 Å². The molecule has 1 aliphatic heterocycles. The highest BCUT2D eigenvalue weighted by molar-refractivity contribution is 5.77. The predicted octanol–water partition coefficient (Wildman–Crippen LogP) is 2.75. The van der Waals surface area contributed by atoms with E-state index >= 15 is 0 Å². The second kappa shape index (κ2) is 8.30. The summed E-state index contributed by atoms with van der Waals surface area (Å²) in [6.45, 7) is 13.1. The Kier molecular flexibility index (Phi) is 7.33. The summed E-state index contributed by atoms with van der Waals surface area (Å²) >= 11 is 0. The van der Waals surface area contributed by atoms with Gasteiger partial charge in [-0.2, -0.15) is 0 Å². The molecule has 0 bridgehead atoms. The molecule has 130 valence electrons. The van der Waals surface area contributed by atoms with Crippen molar-refractivity contribution in [2.24, 2.45) is 11.8 Å². The van der Waals surface area contributed by atoms with Crippen LogP contribution >= 0.6 is 0 Å². The lowest BCUT2D eigenvalue weighted by atomic mass is 9.86. The van der Waals surface area contributed by atoms with Crippen molar-refractivity contribution >= 4 is 5.91 Å². The summed E-state index contributed by atoms with van der Waals surface area (Å²) in [6.07, 6.45) is 3.07. The molecule has 1 N–H and O–H groups in total. The Hall–Kier alpha value is -0.610. The lowest BCUT2D eigenvalue weighted by Crippen LogP contribution is -2.43. The third kappa shape index (κ3) is 6.25. The highest BCUT2D eigenvalue weighted by Crippen LogP contribution is 2.26. The van der Waals surface area contributed by atoms with E-state index in [0.717, 1.165) is 38.4 Å².